The number of H-pyrrole nitrogens is 1. The van der Waals surface area contributed by atoms with E-state index in [4.69, 9.17) is 27.9 Å². The Morgan fingerprint density at radius 3 is 2.80 bits per heavy atom. The number of aromatic amines is 1. The van der Waals surface area contributed by atoms with Crippen LogP contribution in [0.15, 0.2) is 30.7 Å². The van der Waals surface area contributed by atoms with Crippen LogP contribution in [0.25, 0.3) is 0 Å². The van der Waals surface area contributed by atoms with E-state index in [1.54, 1.807) is 12.1 Å². The molecule has 2 N–H and O–H groups in total. The van der Waals surface area contributed by atoms with Gasteiger partial charge in [-0.25, -0.2) is 4.98 Å². The van der Waals surface area contributed by atoms with E-state index in [1.165, 1.54) is 12.5 Å². The second-order valence-electron chi connectivity index (χ2n) is 5.96. The van der Waals surface area contributed by atoms with Crippen molar-refractivity contribution in [3.8, 4) is 5.75 Å². The van der Waals surface area contributed by atoms with Gasteiger partial charge >= 0.3 is 0 Å². The lowest BCUT2D eigenvalue weighted by molar-refractivity contribution is 0.0902. The molecule has 1 amide bonds. The van der Waals surface area contributed by atoms with E-state index in [9.17, 15) is 4.79 Å². The Labute approximate surface area is 156 Å². The van der Waals surface area contributed by atoms with E-state index < -0.39 is 0 Å². The van der Waals surface area contributed by atoms with Crippen LogP contribution in [0.5, 0.6) is 5.75 Å². The van der Waals surface area contributed by atoms with Gasteiger partial charge in [0.15, 0.2) is 0 Å². The molecule has 0 aliphatic carbocycles. The molecule has 3 rings (SSSR count). The van der Waals surface area contributed by atoms with Gasteiger partial charge in [-0.3, -0.25) is 4.79 Å². The van der Waals surface area contributed by atoms with Crippen LogP contribution in [-0.4, -0.2) is 53.1 Å². The van der Waals surface area contributed by atoms with Gasteiger partial charge in [0.05, 0.1) is 22.6 Å². The zero-order valence-electron chi connectivity index (χ0n) is 13.7. The SMILES string of the molecule is O=C(NCCN1CCC(Oc2ccc(Cl)c(Cl)c2)CC1)c1cnc[nH]1. The lowest BCUT2D eigenvalue weighted by Gasteiger charge is -2.32. The third-order valence-corrected chi connectivity index (χ3v) is 4.92. The van der Waals surface area contributed by atoms with Crippen LogP contribution in [0.1, 0.15) is 23.3 Å². The highest BCUT2D eigenvalue weighted by Crippen LogP contribution is 2.28. The molecule has 134 valence electrons. The van der Waals surface area contributed by atoms with Crippen molar-refractivity contribution < 1.29 is 9.53 Å². The quantitative estimate of drug-likeness (QED) is 0.805. The van der Waals surface area contributed by atoms with Gasteiger partial charge < -0.3 is 19.9 Å². The summed E-state index contributed by atoms with van der Waals surface area (Å²) in [5.74, 6) is 0.620. The molecule has 0 spiro atoms. The lowest BCUT2D eigenvalue weighted by atomic mass is 10.1. The zero-order chi connectivity index (χ0) is 17.6. The summed E-state index contributed by atoms with van der Waals surface area (Å²) in [4.78, 5) is 20.8. The Kier molecular flexibility index (Phi) is 6.18. The number of carbonyl (C=O) groups excluding carboxylic acids is 1. The number of likely N-dealkylation sites (tertiary alicyclic amines) is 1. The highest BCUT2D eigenvalue weighted by molar-refractivity contribution is 6.42. The second kappa shape index (κ2) is 8.56. The predicted molar refractivity (Wildman–Crippen MR) is 97.5 cm³/mol. The fourth-order valence-electron chi connectivity index (χ4n) is 2.80. The Morgan fingerprint density at radius 1 is 1.32 bits per heavy atom. The summed E-state index contributed by atoms with van der Waals surface area (Å²) in [5, 5.41) is 3.92. The van der Waals surface area contributed by atoms with E-state index in [0.717, 1.165) is 38.2 Å². The van der Waals surface area contributed by atoms with Crippen molar-refractivity contribution in [1.29, 1.82) is 0 Å². The number of aromatic nitrogens is 2. The molecule has 0 atom stereocenters. The van der Waals surface area contributed by atoms with Crippen molar-refractivity contribution in [3.63, 3.8) is 0 Å². The number of carbonyl (C=O) groups is 1. The first-order chi connectivity index (χ1) is 12.1. The fraction of sp³-hybridized carbons (Fsp3) is 0.412. The van der Waals surface area contributed by atoms with Crippen LogP contribution in [0.2, 0.25) is 10.0 Å². The summed E-state index contributed by atoms with van der Waals surface area (Å²) in [6, 6.07) is 5.34. The van der Waals surface area contributed by atoms with Crippen LogP contribution in [0.3, 0.4) is 0 Å². The summed E-state index contributed by atoms with van der Waals surface area (Å²) in [6.45, 7) is 3.30. The third kappa shape index (κ3) is 5.11. The minimum absolute atomic E-state index is 0.129. The summed E-state index contributed by atoms with van der Waals surface area (Å²) < 4.78 is 5.98. The van der Waals surface area contributed by atoms with Gasteiger partial charge in [0, 0.05) is 32.2 Å². The largest absolute Gasteiger partial charge is 0.490 e. The predicted octanol–water partition coefficient (Wildman–Crippen LogP) is 2.99. The van der Waals surface area contributed by atoms with Gasteiger partial charge in [0.25, 0.3) is 5.91 Å². The number of amides is 1. The Bertz CT molecular complexity index is 701. The molecular weight excluding hydrogens is 363 g/mol. The standard InChI is InChI=1S/C17H20Cl2N4O2/c18-14-2-1-13(9-15(14)19)25-12-3-6-23(7-4-12)8-5-21-17(24)16-10-20-11-22-16/h1-2,9-12H,3-8H2,(H,20,22)(H,21,24). The molecular formula is C17H20Cl2N4O2. The number of nitrogens with one attached hydrogen (secondary N) is 2. The number of rotatable bonds is 6. The molecule has 2 heterocycles. The topological polar surface area (TPSA) is 70.2 Å². The molecule has 1 aromatic carbocycles. The smallest absolute Gasteiger partial charge is 0.269 e. The van der Waals surface area contributed by atoms with Crippen molar-refractivity contribution in [2.24, 2.45) is 0 Å². The number of imidazole rings is 1. The number of benzene rings is 1. The maximum Gasteiger partial charge on any atom is 0.269 e. The van der Waals surface area contributed by atoms with Crippen molar-refractivity contribution in [2.45, 2.75) is 18.9 Å². The number of hydrogen-bond donors (Lipinski definition) is 2. The molecule has 2 aromatic rings. The summed E-state index contributed by atoms with van der Waals surface area (Å²) in [7, 11) is 0. The van der Waals surface area contributed by atoms with Gasteiger partial charge in [0.1, 0.15) is 17.5 Å². The highest BCUT2D eigenvalue weighted by Gasteiger charge is 2.20. The average Bonchev–Trinajstić information content (AvgIpc) is 3.14. The van der Waals surface area contributed by atoms with Crippen molar-refractivity contribution in [1.82, 2.24) is 20.2 Å². The maximum absolute atomic E-state index is 11.8. The number of ether oxygens (including phenoxy) is 1. The fourth-order valence-corrected chi connectivity index (χ4v) is 3.08. The molecule has 1 aliphatic rings. The van der Waals surface area contributed by atoms with E-state index >= 15 is 0 Å². The second-order valence-corrected chi connectivity index (χ2v) is 6.77. The molecule has 6 nitrogen and oxygen atoms in total. The Balaban J connectivity index is 1.37. The molecule has 1 aliphatic heterocycles. The average molecular weight is 383 g/mol. The zero-order valence-corrected chi connectivity index (χ0v) is 15.2. The van der Waals surface area contributed by atoms with E-state index in [1.807, 2.05) is 6.07 Å². The van der Waals surface area contributed by atoms with Crippen LogP contribution in [0, 0.1) is 0 Å². The minimum atomic E-state index is -0.129. The molecule has 0 unspecified atom stereocenters. The van der Waals surface area contributed by atoms with E-state index in [0.29, 0.717) is 22.3 Å². The molecule has 0 bridgehead atoms. The molecule has 1 aromatic heterocycles. The van der Waals surface area contributed by atoms with Gasteiger partial charge in [-0.15, -0.1) is 0 Å². The van der Waals surface area contributed by atoms with Crippen LogP contribution in [0.4, 0.5) is 0 Å². The van der Waals surface area contributed by atoms with Crippen LogP contribution < -0.4 is 10.1 Å². The monoisotopic (exact) mass is 382 g/mol. The number of nitrogens with zero attached hydrogens (tertiary/aromatic N) is 2. The lowest BCUT2D eigenvalue weighted by Crippen LogP contribution is -2.42. The summed E-state index contributed by atoms with van der Waals surface area (Å²) in [5.41, 5.74) is 0.480. The van der Waals surface area contributed by atoms with Crippen LogP contribution in [-0.2, 0) is 0 Å². The Morgan fingerprint density at radius 2 is 2.12 bits per heavy atom. The molecule has 0 saturated carbocycles. The highest BCUT2D eigenvalue weighted by atomic mass is 35.5. The molecule has 8 heteroatoms. The first-order valence-corrected chi connectivity index (χ1v) is 8.98. The molecule has 1 saturated heterocycles. The number of halogens is 2. The maximum atomic E-state index is 11.8. The first-order valence-electron chi connectivity index (χ1n) is 8.22. The molecule has 25 heavy (non-hydrogen) atoms. The summed E-state index contributed by atoms with van der Waals surface area (Å²) in [6.07, 6.45) is 5.06. The van der Waals surface area contributed by atoms with Crippen molar-refractivity contribution in [2.75, 3.05) is 26.2 Å². The minimum Gasteiger partial charge on any atom is -0.490 e. The van der Waals surface area contributed by atoms with Gasteiger partial charge in [-0.2, -0.15) is 0 Å². The van der Waals surface area contributed by atoms with Gasteiger partial charge in [0.2, 0.25) is 0 Å². The number of hydrogen-bond acceptors (Lipinski definition) is 4. The van der Waals surface area contributed by atoms with Crippen molar-refractivity contribution >= 4 is 29.1 Å². The number of piperidine rings is 1. The van der Waals surface area contributed by atoms with Crippen LogP contribution >= 0.6 is 23.2 Å². The third-order valence-electron chi connectivity index (χ3n) is 4.18. The van der Waals surface area contributed by atoms with E-state index in [2.05, 4.69) is 20.2 Å². The van der Waals surface area contributed by atoms with Crippen molar-refractivity contribution in [3.05, 3.63) is 46.5 Å². The normalized spacial score (nSPS) is 15.9. The van der Waals surface area contributed by atoms with Gasteiger partial charge in [-0.1, -0.05) is 23.2 Å². The summed E-state index contributed by atoms with van der Waals surface area (Å²) >= 11 is 11.9. The van der Waals surface area contributed by atoms with E-state index in [-0.39, 0.29) is 12.0 Å². The first kappa shape index (κ1) is 18.0. The molecule has 0 radical (unpaired) electrons. The van der Waals surface area contributed by atoms with Gasteiger partial charge in [-0.05, 0) is 25.0 Å². The Hall–Kier alpha value is -1.76. The molecule has 1 fully saturated rings.